The number of nitrogens with one attached hydrogen (secondary N) is 1. The van der Waals surface area contributed by atoms with Crippen LogP contribution >= 0.6 is 0 Å². The maximum absolute atomic E-state index is 14.8. The molecule has 2 amide bonds. The summed E-state index contributed by atoms with van der Waals surface area (Å²) in [5, 5.41) is 3.04. The summed E-state index contributed by atoms with van der Waals surface area (Å²) in [6.07, 6.45) is 4.14. The molecule has 2 atom stereocenters. The molecule has 1 aliphatic carbocycles. The summed E-state index contributed by atoms with van der Waals surface area (Å²) in [6.45, 7) is 6.50. The van der Waals surface area contributed by atoms with Crippen molar-refractivity contribution in [2.45, 2.75) is 58.7 Å². The Morgan fingerprint density at radius 3 is 2.54 bits per heavy atom. The third-order valence-corrected chi connectivity index (χ3v) is 7.02. The van der Waals surface area contributed by atoms with Gasteiger partial charge in [0.15, 0.2) is 0 Å². The van der Waals surface area contributed by atoms with Gasteiger partial charge in [0.2, 0.25) is 0 Å². The maximum Gasteiger partial charge on any atom is 0.318 e. The smallest absolute Gasteiger partial charge is 0.318 e. The predicted molar refractivity (Wildman–Crippen MR) is 147 cm³/mol. The molecule has 0 saturated heterocycles. The third-order valence-electron chi connectivity index (χ3n) is 7.02. The van der Waals surface area contributed by atoms with E-state index in [0.717, 1.165) is 36.6 Å². The minimum atomic E-state index is -0.703. The number of rotatable bonds is 11. The zero-order chi connectivity index (χ0) is 28.2. The van der Waals surface area contributed by atoms with Crippen molar-refractivity contribution in [3.8, 4) is 11.3 Å². The van der Waals surface area contributed by atoms with Crippen molar-refractivity contribution in [2.75, 3.05) is 19.8 Å². The topological polar surface area (TPSA) is 76.2 Å². The van der Waals surface area contributed by atoms with Crippen LogP contribution in [0, 0.1) is 23.0 Å². The molecular weight excluding hydrogens is 503 g/mol. The quantitative estimate of drug-likeness (QED) is 0.309. The third kappa shape index (κ3) is 7.41. The fourth-order valence-corrected chi connectivity index (χ4v) is 4.76. The lowest BCUT2D eigenvalue weighted by atomic mass is 9.84. The van der Waals surface area contributed by atoms with E-state index in [-0.39, 0.29) is 30.3 Å². The van der Waals surface area contributed by atoms with Gasteiger partial charge in [0.25, 0.3) is 0 Å². The van der Waals surface area contributed by atoms with Gasteiger partial charge in [-0.15, -0.1) is 0 Å². The Morgan fingerprint density at radius 1 is 1.18 bits per heavy atom. The number of alkyl halides is 1. The second kappa shape index (κ2) is 12.2. The van der Waals surface area contributed by atoms with Crippen LogP contribution in [0.5, 0.6) is 0 Å². The average molecular weight is 542 g/mol. The first-order chi connectivity index (χ1) is 18.6. The predicted octanol–water partition coefficient (Wildman–Crippen LogP) is 6.07. The molecule has 0 unspecified atom stereocenters. The average Bonchev–Trinajstić information content (AvgIpc) is 3.65. The van der Waals surface area contributed by atoms with E-state index in [1.54, 1.807) is 11.1 Å². The molecule has 39 heavy (non-hydrogen) atoms. The Balaban J connectivity index is 1.81. The SMILES string of the molecule is CC(C)(C)[C@H](c1nc(-c2cc(F)ccc2F)cn1Cc1ccccc1)N(CC[C@H](N)CF)C(=O)NCC1CC1. The van der Waals surface area contributed by atoms with Gasteiger partial charge in [-0.25, -0.2) is 22.9 Å². The Hall–Kier alpha value is -3.33. The molecule has 3 aromatic rings. The Kier molecular flexibility index (Phi) is 9.00. The number of imidazole rings is 1. The van der Waals surface area contributed by atoms with Crippen LogP contribution in [0.2, 0.25) is 0 Å². The van der Waals surface area contributed by atoms with Crippen LogP contribution in [0.1, 0.15) is 57.5 Å². The van der Waals surface area contributed by atoms with Crippen LogP contribution < -0.4 is 11.1 Å². The van der Waals surface area contributed by atoms with Gasteiger partial charge in [0, 0.05) is 37.4 Å². The summed E-state index contributed by atoms with van der Waals surface area (Å²) in [5.74, 6) is -0.160. The molecule has 2 aromatic carbocycles. The molecule has 210 valence electrons. The molecule has 1 fully saturated rings. The van der Waals surface area contributed by atoms with Crippen LogP contribution in [0.15, 0.2) is 54.7 Å². The van der Waals surface area contributed by atoms with Gasteiger partial charge in [-0.2, -0.15) is 0 Å². The lowest BCUT2D eigenvalue weighted by Gasteiger charge is -2.40. The summed E-state index contributed by atoms with van der Waals surface area (Å²) >= 11 is 0. The first-order valence-electron chi connectivity index (χ1n) is 13.5. The van der Waals surface area contributed by atoms with Crippen molar-refractivity contribution < 1.29 is 18.0 Å². The van der Waals surface area contributed by atoms with Crippen LogP contribution in [0.3, 0.4) is 0 Å². The Bertz CT molecular complexity index is 1250. The molecule has 0 radical (unpaired) electrons. The highest BCUT2D eigenvalue weighted by molar-refractivity contribution is 5.75. The fraction of sp³-hybridized carbons (Fsp3) is 0.467. The van der Waals surface area contributed by atoms with Crippen molar-refractivity contribution in [3.63, 3.8) is 0 Å². The second-order valence-corrected chi connectivity index (χ2v) is 11.5. The fourth-order valence-electron chi connectivity index (χ4n) is 4.76. The summed E-state index contributed by atoms with van der Waals surface area (Å²) in [4.78, 5) is 20.1. The van der Waals surface area contributed by atoms with E-state index >= 15 is 0 Å². The summed E-state index contributed by atoms with van der Waals surface area (Å²) in [5.41, 5.74) is 6.69. The molecule has 4 rings (SSSR count). The van der Waals surface area contributed by atoms with Crippen LogP contribution in [-0.2, 0) is 6.54 Å². The number of carbonyl (C=O) groups excluding carboxylic acids is 1. The van der Waals surface area contributed by atoms with Gasteiger partial charge in [-0.05, 0) is 54.4 Å². The zero-order valence-corrected chi connectivity index (χ0v) is 22.8. The summed E-state index contributed by atoms with van der Waals surface area (Å²) < 4.78 is 44.2. The molecule has 1 saturated carbocycles. The van der Waals surface area contributed by atoms with Crippen LogP contribution in [0.4, 0.5) is 18.0 Å². The van der Waals surface area contributed by atoms with Crippen molar-refractivity contribution >= 4 is 6.03 Å². The largest absolute Gasteiger partial charge is 0.338 e. The van der Waals surface area contributed by atoms with E-state index in [1.165, 1.54) is 0 Å². The molecule has 0 bridgehead atoms. The lowest BCUT2D eigenvalue weighted by Crippen LogP contribution is -2.49. The van der Waals surface area contributed by atoms with E-state index < -0.39 is 35.8 Å². The normalized spacial score (nSPS) is 15.2. The number of nitrogens with two attached hydrogens (primary N) is 1. The molecule has 1 heterocycles. The van der Waals surface area contributed by atoms with Crippen LogP contribution in [0.25, 0.3) is 11.3 Å². The number of urea groups is 1. The number of aromatic nitrogens is 2. The van der Waals surface area contributed by atoms with E-state index in [9.17, 15) is 18.0 Å². The number of hydrogen-bond donors (Lipinski definition) is 2. The Labute approximate surface area is 228 Å². The molecule has 0 aliphatic heterocycles. The van der Waals surface area contributed by atoms with Crippen molar-refractivity contribution in [3.05, 3.63) is 77.8 Å². The van der Waals surface area contributed by atoms with E-state index in [0.29, 0.717) is 24.8 Å². The van der Waals surface area contributed by atoms with E-state index in [4.69, 9.17) is 10.7 Å². The van der Waals surface area contributed by atoms with Gasteiger partial charge in [-0.1, -0.05) is 51.1 Å². The minimum absolute atomic E-state index is 0.0416. The monoisotopic (exact) mass is 541 g/mol. The number of nitrogens with zero attached hydrogens (tertiary/aromatic N) is 3. The van der Waals surface area contributed by atoms with Gasteiger partial charge < -0.3 is 20.5 Å². The first-order valence-corrected chi connectivity index (χ1v) is 13.5. The molecule has 9 heteroatoms. The molecule has 3 N–H and O–H groups in total. The van der Waals surface area contributed by atoms with E-state index in [1.807, 2.05) is 55.7 Å². The first kappa shape index (κ1) is 28.7. The van der Waals surface area contributed by atoms with Gasteiger partial charge in [0.1, 0.15) is 24.1 Å². The summed E-state index contributed by atoms with van der Waals surface area (Å²) in [6, 6.07) is 11.4. The number of benzene rings is 2. The van der Waals surface area contributed by atoms with Crippen molar-refractivity contribution in [1.82, 2.24) is 19.8 Å². The van der Waals surface area contributed by atoms with Crippen molar-refractivity contribution in [2.24, 2.45) is 17.1 Å². The van der Waals surface area contributed by atoms with Gasteiger partial charge in [0.05, 0.1) is 11.7 Å². The molecule has 1 aliphatic rings. The Morgan fingerprint density at radius 2 is 1.90 bits per heavy atom. The lowest BCUT2D eigenvalue weighted by molar-refractivity contribution is 0.105. The molecule has 0 spiro atoms. The number of carbonyl (C=O) groups is 1. The standard InChI is InChI=1S/C30H38F3N5O/c1-30(2,3)27(38(14-13-23(34)16-31)29(39)35-17-20-9-10-20)28-36-26(24-15-22(32)11-12-25(24)33)19-37(28)18-21-7-5-4-6-8-21/h4-8,11-12,15,19-20,23,27H,9-10,13-14,16-18,34H2,1-3H3,(H,35,39)/t23-,27-/m0/s1. The van der Waals surface area contributed by atoms with E-state index in [2.05, 4.69) is 5.32 Å². The summed E-state index contributed by atoms with van der Waals surface area (Å²) in [7, 11) is 0. The highest BCUT2D eigenvalue weighted by atomic mass is 19.1. The highest BCUT2D eigenvalue weighted by Crippen LogP contribution is 2.40. The molecule has 6 nitrogen and oxygen atoms in total. The highest BCUT2D eigenvalue weighted by Gasteiger charge is 2.39. The number of hydrogen-bond acceptors (Lipinski definition) is 3. The van der Waals surface area contributed by atoms with Crippen molar-refractivity contribution in [1.29, 1.82) is 0 Å². The number of halogens is 3. The molecular formula is C30H38F3N5O. The number of amides is 2. The molecule has 1 aromatic heterocycles. The minimum Gasteiger partial charge on any atom is -0.338 e. The van der Waals surface area contributed by atoms with Gasteiger partial charge in [-0.3, -0.25) is 0 Å². The maximum atomic E-state index is 14.8. The zero-order valence-electron chi connectivity index (χ0n) is 22.8. The van der Waals surface area contributed by atoms with Crippen LogP contribution in [-0.4, -0.2) is 46.3 Å². The second-order valence-electron chi connectivity index (χ2n) is 11.5. The van der Waals surface area contributed by atoms with Gasteiger partial charge >= 0.3 is 6.03 Å².